The standard InChI is InChI=1S/C15H17F2N3/c1-10-11(7-18-12-5-6-12)8-20(19-10)9-13-14(16)3-2-4-15(13)17/h2-4,8,12,18H,5-7,9H2,1H3. The molecule has 3 nitrogen and oxygen atoms in total. The molecule has 0 spiro atoms. The van der Waals surface area contributed by atoms with Gasteiger partial charge in [-0.05, 0) is 31.9 Å². The van der Waals surface area contributed by atoms with E-state index in [1.807, 2.05) is 13.1 Å². The highest BCUT2D eigenvalue weighted by molar-refractivity contribution is 5.21. The summed E-state index contributed by atoms with van der Waals surface area (Å²) in [6, 6.07) is 4.53. The van der Waals surface area contributed by atoms with Crippen LogP contribution in [0.5, 0.6) is 0 Å². The Balaban J connectivity index is 1.75. The molecule has 1 heterocycles. The van der Waals surface area contributed by atoms with Gasteiger partial charge in [0.05, 0.1) is 12.2 Å². The van der Waals surface area contributed by atoms with Gasteiger partial charge in [0.2, 0.25) is 0 Å². The van der Waals surface area contributed by atoms with E-state index >= 15 is 0 Å². The topological polar surface area (TPSA) is 29.9 Å². The lowest BCUT2D eigenvalue weighted by atomic mass is 10.2. The summed E-state index contributed by atoms with van der Waals surface area (Å²) in [4.78, 5) is 0. The summed E-state index contributed by atoms with van der Waals surface area (Å²) in [5.74, 6) is -1.06. The maximum absolute atomic E-state index is 13.6. The number of benzene rings is 1. The van der Waals surface area contributed by atoms with Gasteiger partial charge in [-0.1, -0.05) is 6.07 Å². The molecule has 1 aliphatic rings. The van der Waals surface area contributed by atoms with E-state index in [4.69, 9.17) is 0 Å². The van der Waals surface area contributed by atoms with Crippen molar-refractivity contribution >= 4 is 0 Å². The van der Waals surface area contributed by atoms with E-state index in [2.05, 4.69) is 10.4 Å². The number of aromatic nitrogens is 2. The number of nitrogens with zero attached hydrogens (tertiary/aromatic N) is 2. The summed E-state index contributed by atoms with van der Waals surface area (Å²) in [7, 11) is 0. The van der Waals surface area contributed by atoms with Crippen LogP contribution in [0.15, 0.2) is 24.4 Å². The second-order valence-electron chi connectivity index (χ2n) is 5.29. The quantitative estimate of drug-likeness (QED) is 0.910. The van der Waals surface area contributed by atoms with Crippen LogP contribution in [0.1, 0.15) is 29.7 Å². The molecule has 0 amide bonds. The van der Waals surface area contributed by atoms with Crippen molar-refractivity contribution in [2.24, 2.45) is 0 Å². The van der Waals surface area contributed by atoms with Crippen LogP contribution in [-0.2, 0) is 13.1 Å². The van der Waals surface area contributed by atoms with Crippen molar-refractivity contribution in [3.8, 4) is 0 Å². The van der Waals surface area contributed by atoms with Crippen molar-refractivity contribution in [2.75, 3.05) is 0 Å². The van der Waals surface area contributed by atoms with Crippen LogP contribution in [0.4, 0.5) is 8.78 Å². The molecule has 1 aliphatic carbocycles. The second-order valence-corrected chi connectivity index (χ2v) is 5.29. The zero-order valence-electron chi connectivity index (χ0n) is 11.4. The summed E-state index contributed by atoms with van der Waals surface area (Å²) in [5.41, 5.74) is 2.03. The summed E-state index contributed by atoms with van der Waals surface area (Å²) in [5, 5.41) is 7.74. The molecule has 3 rings (SSSR count). The van der Waals surface area contributed by atoms with Gasteiger partial charge in [0.25, 0.3) is 0 Å². The Bertz CT molecular complexity index is 597. The van der Waals surface area contributed by atoms with E-state index < -0.39 is 11.6 Å². The molecule has 1 N–H and O–H groups in total. The van der Waals surface area contributed by atoms with Gasteiger partial charge in [-0.25, -0.2) is 8.78 Å². The van der Waals surface area contributed by atoms with Crippen LogP contribution in [0.2, 0.25) is 0 Å². The second kappa shape index (κ2) is 5.32. The van der Waals surface area contributed by atoms with E-state index in [0.717, 1.165) is 17.8 Å². The summed E-state index contributed by atoms with van der Waals surface area (Å²) < 4.78 is 28.8. The molecule has 0 bridgehead atoms. The van der Waals surface area contributed by atoms with E-state index in [-0.39, 0.29) is 12.1 Å². The van der Waals surface area contributed by atoms with Crippen LogP contribution in [0.3, 0.4) is 0 Å². The first-order valence-corrected chi connectivity index (χ1v) is 6.82. The van der Waals surface area contributed by atoms with E-state index in [9.17, 15) is 8.78 Å². The SMILES string of the molecule is Cc1nn(Cc2c(F)cccc2F)cc1CNC1CC1. The normalized spacial score (nSPS) is 14.8. The molecule has 0 saturated heterocycles. The molecular weight excluding hydrogens is 260 g/mol. The highest BCUT2D eigenvalue weighted by Gasteiger charge is 2.20. The smallest absolute Gasteiger partial charge is 0.131 e. The van der Waals surface area contributed by atoms with Crippen molar-refractivity contribution in [3.05, 3.63) is 52.9 Å². The lowest BCUT2D eigenvalue weighted by molar-refractivity contribution is 0.532. The number of nitrogens with one attached hydrogen (secondary N) is 1. The molecule has 0 unspecified atom stereocenters. The van der Waals surface area contributed by atoms with E-state index in [0.29, 0.717) is 6.04 Å². The minimum Gasteiger partial charge on any atom is -0.310 e. The first-order chi connectivity index (χ1) is 9.63. The number of aryl methyl sites for hydroxylation is 1. The van der Waals surface area contributed by atoms with Gasteiger partial charge in [-0.3, -0.25) is 4.68 Å². The Labute approximate surface area is 116 Å². The van der Waals surface area contributed by atoms with Gasteiger partial charge in [0.1, 0.15) is 11.6 Å². The lowest BCUT2D eigenvalue weighted by Crippen LogP contribution is -2.15. The number of hydrogen-bond donors (Lipinski definition) is 1. The molecule has 0 radical (unpaired) electrons. The molecule has 1 aromatic carbocycles. The predicted molar refractivity (Wildman–Crippen MR) is 72.3 cm³/mol. The zero-order chi connectivity index (χ0) is 14.1. The molecule has 0 atom stereocenters. The Kier molecular flexibility index (Phi) is 3.53. The van der Waals surface area contributed by atoms with Crippen molar-refractivity contribution < 1.29 is 8.78 Å². The fourth-order valence-corrected chi connectivity index (χ4v) is 2.20. The fraction of sp³-hybridized carbons (Fsp3) is 0.400. The van der Waals surface area contributed by atoms with Crippen LogP contribution in [-0.4, -0.2) is 15.8 Å². The Morgan fingerprint density at radius 3 is 2.65 bits per heavy atom. The average molecular weight is 277 g/mol. The fourth-order valence-electron chi connectivity index (χ4n) is 2.20. The third kappa shape index (κ3) is 2.88. The molecule has 0 aliphatic heterocycles. The zero-order valence-corrected chi connectivity index (χ0v) is 11.4. The Morgan fingerprint density at radius 1 is 1.30 bits per heavy atom. The third-order valence-electron chi connectivity index (χ3n) is 3.59. The molecular formula is C15H17F2N3. The monoisotopic (exact) mass is 277 g/mol. The Morgan fingerprint density at radius 2 is 2.00 bits per heavy atom. The van der Waals surface area contributed by atoms with Gasteiger partial charge in [-0.15, -0.1) is 0 Å². The average Bonchev–Trinajstić information content (AvgIpc) is 3.16. The Hall–Kier alpha value is -1.75. The molecule has 1 saturated carbocycles. The van der Waals surface area contributed by atoms with Crippen LogP contribution < -0.4 is 5.32 Å². The highest BCUT2D eigenvalue weighted by atomic mass is 19.1. The number of rotatable bonds is 5. The molecule has 2 aromatic rings. The van der Waals surface area contributed by atoms with Crippen LogP contribution >= 0.6 is 0 Å². The maximum Gasteiger partial charge on any atom is 0.131 e. The molecule has 1 aromatic heterocycles. The largest absolute Gasteiger partial charge is 0.310 e. The highest BCUT2D eigenvalue weighted by Crippen LogP contribution is 2.20. The molecule has 20 heavy (non-hydrogen) atoms. The number of hydrogen-bond acceptors (Lipinski definition) is 2. The van der Waals surface area contributed by atoms with Crippen molar-refractivity contribution in [1.82, 2.24) is 15.1 Å². The third-order valence-corrected chi connectivity index (χ3v) is 3.59. The number of halogens is 2. The minimum atomic E-state index is -0.532. The van der Waals surface area contributed by atoms with Gasteiger partial charge in [0, 0.05) is 29.9 Å². The summed E-state index contributed by atoms with van der Waals surface area (Å²) in [6.07, 6.45) is 4.32. The minimum absolute atomic E-state index is 0.0525. The predicted octanol–water partition coefficient (Wildman–Crippen LogP) is 2.77. The molecule has 5 heteroatoms. The first kappa shape index (κ1) is 13.2. The van der Waals surface area contributed by atoms with Crippen LogP contribution in [0, 0.1) is 18.6 Å². The van der Waals surface area contributed by atoms with Crippen molar-refractivity contribution in [1.29, 1.82) is 0 Å². The lowest BCUT2D eigenvalue weighted by Gasteiger charge is -2.04. The van der Waals surface area contributed by atoms with Gasteiger partial charge in [0.15, 0.2) is 0 Å². The van der Waals surface area contributed by atoms with Crippen molar-refractivity contribution in [3.63, 3.8) is 0 Å². The van der Waals surface area contributed by atoms with E-state index in [1.54, 1.807) is 4.68 Å². The summed E-state index contributed by atoms with van der Waals surface area (Å²) >= 11 is 0. The molecule has 106 valence electrons. The summed E-state index contributed by atoms with van der Waals surface area (Å²) in [6.45, 7) is 2.79. The first-order valence-electron chi connectivity index (χ1n) is 6.82. The van der Waals surface area contributed by atoms with Gasteiger partial charge >= 0.3 is 0 Å². The van der Waals surface area contributed by atoms with Gasteiger partial charge < -0.3 is 5.32 Å². The molecule has 1 fully saturated rings. The van der Waals surface area contributed by atoms with Crippen molar-refractivity contribution in [2.45, 2.75) is 38.9 Å². The van der Waals surface area contributed by atoms with Crippen LogP contribution in [0.25, 0.3) is 0 Å². The van der Waals surface area contributed by atoms with Gasteiger partial charge in [-0.2, -0.15) is 5.10 Å². The maximum atomic E-state index is 13.6. The van der Waals surface area contributed by atoms with E-state index in [1.165, 1.54) is 31.0 Å².